The first-order chi connectivity index (χ1) is 15.5. The number of amides is 1. The van der Waals surface area contributed by atoms with Gasteiger partial charge < -0.3 is 24.6 Å². The molecule has 3 atom stereocenters. The number of aryl methyl sites for hydroxylation is 1. The Morgan fingerprint density at radius 2 is 2.09 bits per heavy atom. The minimum absolute atomic E-state index is 0.0138. The molecule has 0 saturated carbocycles. The van der Waals surface area contributed by atoms with E-state index in [1.165, 1.54) is 0 Å². The predicted molar refractivity (Wildman–Crippen MR) is 128 cm³/mol. The van der Waals surface area contributed by atoms with Crippen molar-refractivity contribution in [2.24, 2.45) is 11.8 Å². The van der Waals surface area contributed by atoms with Crippen LogP contribution in [0.4, 0.5) is 0 Å². The van der Waals surface area contributed by atoms with Crippen LogP contribution in [-0.2, 0) is 11.3 Å². The van der Waals surface area contributed by atoms with Crippen molar-refractivity contribution in [1.82, 2.24) is 19.8 Å². The zero-order chi connectivity index (χ0) is 23.1. The number of aliphatic hydroxyl groups excluding tert-OH is 1. The van der Waals surface area contributed by atoms with Crippen molar-refractivity contribution in [2.75, 3.05) is 33.4 Å². The molecule has 0 spiro atoms. The first-order valence-electron chi connectivity index (χ1n) is 12.1. The standard InChI is InChI=1S/C25H40N4O3/c1-5-23(30)19-14-20(16-26-15-19)29(17-18(2)3)25(31)24-27-21-10-6-7-11-22(21)28(24)12-8-9-13-32-4/h6-7,10-11,18-20,23,26,30H,5,8-9,12-17H2,1-4H3/t19-,20-,23?/m0/s1. The van der Waals surface area contributed by atoms with Crippen LogP contribution in [0.5, 0.6) is 0 Å². The molecule has 2 heterocycles. The third-order valence-electron chi connectivity index (χ3n) is 6.41. The number of hydrogen-bond donors (Lipinski definition) is 2. The molecule has 1 fully saturated rings. The second-order valence-electron chi connectivity index (χ2n) is 9.41. The van der Waals surface area contributed by atoms with Gasteiger partial charge in [0.25, 0.3) is 5.91 Å². The van der Waals surface area contributed by atoms with Crippen molar-refractivity contribution in [2.45, 2.75) is 65.1 Å². The monoisotopic (exact) mass is 444 g/mol. The number of nitrogens with zero attached hydrogens (tertiary/aromatic N) is 3. The Labute approximate surface area is 192 Å². The first-order valence-corrected chi connectivity index (χ1v) is 12.1. The zero-order valence-electron chi connectivity index (χ0n) is 20.1. The topological polar surface area (TPSA) is 79.6 Å². The lowest BCUT2D eigenvalue weighted by molar-refractivity contribution is 0.0383. The Bertz CT molecular complexity index is 866. The van der Waals surface area contributed by atoms with Gasteiger partial charge in [0.15, 0.2) is 5.82 Å². The van der Waals surface area contributed by atoms with Gasteiger partial charge in [0.1, 0.15) is 0 Å². The number of aliphatic hydroxyl groups is 1. The molecule has 1 unspecified atom stereocenters. The van der Waals surface area contributed by atoms with Crippen LogP contribution >= 0.6 is 0 Å². The van der Waals surface area contributed by atoms with Crippen molar-refractivity contribution in [3.8, 4) is 0 Å². The molecule has 0 radical (unpaired) electrons. The fourth-order valence-corrected chi connectivity index (χ4v) is 4.72. The highest BCUT2D eigenvalue weighted by atomic mass is 16.5. The van der Waals surface area contributed by atoms with E-state index in [2.05, 4.69) is 23.7 Å². The number of nitrogens with one attached hydrogen (secondary N) is 1. The molecule has 0 aliphatic carbocycles. The summed E-state index contributed by atoms with van der Waals surface area (Å²) in [5.41, 5.74) is 1.85. The van der Waals surface area contributed by atoms with Crippen molar-refractivity contribution in [3.05, 3.63) is 30.1 Å². The van der Waals surface area contributed by atoms with Crippen LogP contribution in [0.1, 0.15) is 57.1 Å². The summed E-state index contributed by atoms with van der Waals surface area (Å²) in [6.07, 6.45) is 3.07. The number of benzene rings is 1. The second-order valence-corrected chi connectivity index (χ2v) is 9.41. The Morgan fingerprint density at radius 1 is 1.31 bits per heavy atom. The van der Waals surface area contributed by atoms with E-state index in [4.69, 9.17) is 9.72 Å². The Kier molecular flexibility index (Phi) is 9.08. The number of imidazole rings is 1. The van der Waals surface area contributed by atoms with E-state index < -0.39 is 0 Å². The van der Waals surface area contributed by atoms with Crippen molar-refractivity contribution >= 4 is 16.9 Å². The van der Waals surface area contributed by atoms with Crippen LogP contribution in [0.15, 0.2) is 24.3 Å². The number of rotatable bonds is 11. The Hall–Kier alpha value is -1.96. The summed E-state index contributed by atoms with van der Waals surface area (Å²) in [4.78, 5) is 20.7. The molecule has 178 valence electrons. The molecule has 0 bridgehead atoms. The van der Waals surface area contributed by atoms with Gasteiger partial charge in [0, 0.05) is 45.9 Å². The number of hydrogen-bond acceptors (Lipinski definition) is 5. The predicted octanol–water partition coefficient (Wildman–Crippen LogP) is 3.31. The lowest BCUT2D eigenvalue weighted by Crippen LogP contribution is -2.54. The molecule has 1 saturated heterocycles. The number of carbonyl (C=O) groups excluding carboxylic acids is 1. The molecular weight excluding hydrogens is 404 g/mol. The fourth-order valence-electron chi connectivity index (χ4n) is 4.72. The molecule has 7 nitrogen and oxygen atoms in total. The van der Waals surface area contributed by atoms with Crippen molar-refractivity contribution in [3.63, 3.8) is 0 Å². The van der Waals surface area contributed by atoms with Crippen LogP contribution in [0.2, 0.25) is 0 Å². The summed E-state index contributed by atoms with van der Waals surface area (Å²) in [5.74, 6) is 1.01. The maximum absolute atomic E-state index is 13.9. The Balaban J connectivity index is 1.90. The molecule has 1 aliphatic rings. The number of para-hydroxylation sites is 2. The molecule has 3 rings (SSSR count). The van der Waals surface area contributed by atoms with E-state index in [-0.39, 0.29) is 24.0 Å². The summed E-state index contributed by atoms with van der Waals surface area (Å²) in [6, 6.07) is 8.02. The third-order valence-corrected chi connectivity index (χ3v) is 6.41. The van der Waals surface area contributed by atoms with Crippen LogP contribution in [0.25, 0.3) is 11.0 Å². The largest absolute Gasteiger partial charge is 0.393 e. The summed E-state index contributed by atoms with van der Waals surface area (Å²) >= 11 is 0. The van der Waals surface area contributed by atoms with Gasteiger partial charge in [-0.25, -0.2) is 4.98 Å². The van der Waals surface area contributed by atoms with Gasteiger partial charge in [-0.05, 0) is 49.7 Å². The van der Waals surface area contributed by atoms with Gasteiger partial charge in [-0.1, -0.05) is 32.9 Å². The van der Waals surface area contributed by atoms with Crippen LogP contribution < -0.4 is 5.32 Å². The minimum Gasteiger partial charge on any atom is -0.393 e. The average molecular weight is 445 g/mol. The highest BCUT2D eigenvalue weighted by Crippen LogP contribution is 2.25. The van der Waals surface area contributed by atoms with Crippen molar-refractivity contribution in [1.29, 1.82) is 0 Å². The summed E-state index contributed by atoms with van der Waals surface area (Å²) in [5, 5.41) is 13.9. The quantitative estimate of drug-likeness (QED) is 0.520. The molecule has 1 aliphatic heterocycles. The van der Waals surface area contributed by atoms with Gasteiger partial charge >= 0.3 is 0 Å². The Morgan fingerprint density at radius 3 is 2.81 bits per heavy atom. The first kappa shape index (κ1) is 24.7. The minimum atomic E-state index is -0.341. The highest BCUT2D eigenvalue weighted by Gasteiger charge is 2.34. The lowest BCUT2D eigenvalue weighted by atomic mass is 9.88. The number of piperidine rings is 1. The van der Waals surface area contributed by atoms with E-state index in [1.807, 2.05) is 36.1 Å². The van der Waals surface area contributed by atoms with Gasteiger partial charge in [0.2, 0.25) is 0 Å². The summed E-state index contributed by atoms with van der Waals surface area (Å²) < 4.78 is 7.28. The molecule has 2 aromatic rings. The summed E-state index contributed by atoms with van der Waals surface area (Å²) in [6.45, 7) is 9.97. The third kappa shape index (κ3) is 5.88. The average Bonchev–Trinajstić information content (AvgIpc) is 3.18. The highest BCUT2D eigenvalue weighted by molar-refractivity contribution is 5.95. The van der Waals surface area contributed by atoms with Gasteiger partial charge in [-0.3, -0.25) is 4.79 Å². The smallest absolute Gasteiger partial charge is 0.290 e. The molecule has 2 N–H and O–H groups in total. The molecule has 7 heteroatoms. The number of unbranched alkanes of at least 4 members (excludes halogenated alkanes) is 1. The van der Waals surface area contributed by atoms with E-state index in [0.29, 0.717) is 24.9 Å². The number of aromatic nitrogens is 2. The van der Waals surface area contributed by atoms with Gasteiger partial charge in [-0.15, -0.1) is 0 Å². The van der Waals surface area contributed by atoms with E-state index >= 15 is 0 Å². The van der Waals surface area contributed by atoms with Gasteiger partial charge in [0.05, 0.1) is 17.1 Å². The fraction of sp³-hybridized carbons (Fsp3) is 0.680. The normalized spacial score (nSPS) is 20.1. The van der Waals surface area contributed by atoms with Crippen LogP contribution in [0.3, 0.4) is 0 Å². The van der Waals surface area contributed by atoms with E-state index in [1.54, 1.807) is 7.11 Å². The van der Waals surface area contributed by atoms with E-state index in [0.717, 1.165) is 56.4 Å². The van der Waals surface area contributed by atoms with Gasteiger partial charge in [-0.2, -0.15) is 0 Å². The van der Waals surface area contributed by atoms with E-state index in [9.17, 15) is 9.90 Å². The molecule has 32 heavy (non-hydrogen) atoms. The van der Waals surface area contributed by atoms with Crippen LogP contribution in [-0.4, -0.2) is 71.0 Å². The van der Waals surface area contributed by atoms with Crippen molar-refractivity contribution < 1.29 is 14.6 Å². The maximum Gasteiger partial charge on any atom is 0.290 e. The maximum atomic E-state index is 13.9. The zero-order valence-corrected chi connectivity index (χ0v) is 20.1. The van der Waals surface area contributed by atoms with Crippen LogP contribution in [0, 0.1) is 11.8 Å². The number of carbonyl (C=O) groups is 1. The molecule has 1 aromatic carbocycles. The SMILES string of the molecule is CCC(O)[C@@H]1CNC[C@@H](N(CC(C)C)C(=O)c2nc3ccccc3n2CCCCOC)C1. The lowest BCUT2D eigenvalue weighted by Gasteiger charge is -2.40. The molecule has 1 amide bonds. The number of methoxy groups -OCH3 is 1. The molecule has 1 aromatic heterocycles. The second kappa shape index (κ2) is 11.8. The number of ether oxygens (including phenoxy) is 1. The number of fused-ring (bicyclic) bond motifs is 1. The molecular formula is C25H40N4O3. The summed E-state index contributed by atoms with van der Waals surface area (Å²) in [7, 11) is 1.71.